The quantitative estimate of drug-likeness (QED) is 0.915. The largest absolute Gasteiger partial charge is 0.444 e. The minimum Gasteiger partial charge on any atom is -0.444 e. The van der Waals surface area contributed by atoms with Crippen LogP contribution in [0.25, 0.3) is 0 Å². The first-order chi connectivity index (χ1) is 10.3. The van der Waals surface area contributed by atoms with Crippen LogP contribution in [0.15, 0.2) is 12.1 Å². The molecule has 2 heterocycles. The van der Waals surface area contributed by atoms with E-state index in [0.29, 0.717) is 19.6 Å². The molecule has 0 spiro atoms. The number of nitrogens with zero attached hydrogens (tertiary/aromatic N) is 2. The Bertz CT molecular complexity index is 507. The zero-order valence-corrected chi connectivity index (χ0v) is 14.9. The highest BCUT2D eigenvalue weighted by Gasteiger charge is 2.29. The molecule has 124 valence electrons. The third-order valence-electron chi connectivity index (χ3n) is 3.55. The van der Waals surface area contributed by atoms with Gasteiger partial charge in [-0.1, -0.05) is 11.6 Å². The van der Waals surface area contributed by atoms with Crippen LogP contribution in [0.3, 0.4) is 0 Å². The van der Waals surface area contributed by atoms with Crippen molar-refractivity contribution >= 4 is 29.0 Å². The number of piperazine rings is 1. The maximum absolute atomic E-state index is 12.1. The number of hydrogen-bond acceptors (Lipinski definition) is 5. The van der Waals surface area contributed by atoms with Crippen LogP contribution in [0.5, 0.6) is 0 Å². The van der Waals surface area contributed by atoms with Crippen LogP contribution < -0.4 is 5.73 Å². The van der Waals surface area contributed by atoms with Gasteiger partial charge in [0.2, 0.25) is 0 Å². The summed E-state index contributed by atoms with van der Waals surface area (Å²) >= 11 is 7.58. The van der Waals surface area contributed by atoms with Gasteiger partial charge in [-0.3, -0.25) is 4.90 Å². The lowest BCUT2D eigenvalue weighted by molar-refractivity contribution is 0.0108. The summed E-state index contributed by atoms with van der Waals surface area (Å²) in [6.07, 6.45) is -0.240. The topological polar surface area (TPSA) is 58.8 Å². The van der Waals surface area contributed by atoms with E-state index >= 15 is 0 Å². The van der Waals surface area contributed by atoms with Crippen LogP contribution in [-0.2, 0) is 4.74 Å². The average molecular weight is 346 g/mol. The highest BCUT2D eigenvalue weighted by molar-refractivity contribution is 7.16. The zero-order valence-electron chi connectivity index (χ0n) is 13.3. The van der Waals surface area contributed by atoms with E-state index in [4.69, 9.17) is 22.1 Å². The lowest BCUT2D eigenvalue weighted by atomic mass is 10.1. The van der Waals surface area contributed by atoms with E-state index < -0.39 is 5.60 Å². The molecule has 5 nitrogen and oxygen atoms in total. The van der Waals surface area contributed by atoms with Crippen LogP contribution in [0.4, 0.5) is 4.79 Å². The summed E-state index contributed by atoms with van der Waals surface area (Å²) in [6, 6.07) is 4.10. The van der Waals surface area contributed by atoms with E-state index in [1.165, 1.54) is 4.88 Å². The first-order valence-corrected chi connectivity index (χ1v) is 8.67. The molecule has 22 heavy (non-hydrogen) atoms. The summed E-state index contributed by atoms with van der Waals surface area (Å²) in [5.41, 5.74) is 5.48. The minimum atomic E-state index is -0.457. The second kappa shape index (κ2) is 7.17. The molecule has 0 radical (unpaired) electrons. The smallest absolute Gasteiger partial charge is 0.410 e. The molecule has 1 atom stereocenters. The molecule has 1 aromatic rings. The molecular weight excluding hydrogens is 322 g/mol. The van der Waals surface area contributed by atoms with Gasteiger partial charge in [0.15, 0.2) is 0 Å². The lowest BCUT2D eigenvalue weighted by Crippen LogP contribution is -2.51. The highest BCUT2D eigenvalue weighted by atomic mass is 35.5. The fraction of sp³-hybridized carbons (Fsp3) is 0.667. The Kier molecular flexibility index (Phi) is 5.71. The molecule has 0 saturated carbocycles. The van der Waals surface area contributed by atoms with E-state index in [1.807, 2.05) is 32.9 Å². The van der Waals surface area contributed by atoms with Gasteiger partial charge in [0.05, 0.1) is 10.4 Å². The third kappa shape index (κ3) is 4.59. The molecule has 0 bridgehead atoms. The van der Waals surface area contributed by atoms with Gasteiger partial charge in [-0.25, -0.2) is 4.79 Å². The van der Waals surface area contributed by atoms with E-state index in [0.717, 1.165) is 17.4 Å². The number of rotatable bonds is 3. The maximum atomic E-state index is 12.1. The standard InChI is InChI=1S/C15H24ClN3O2S/c1-15(2,3)21-14(20)19-8-6-18(7-9-19)11(10-17)12-4-5-13(16)22-12/h4-5,11H,6-10,17H2,1-3H3. The third-order valence-corrected chi connectivity index (χ3v) is 4.88. The zero-order chi connectivity index (χ0) is 16.3. The van der Waals surface area contributed by atoms with Crippen molar-refractivity contribution in [1.82, 2.24) is 9.80 Å². The molecule has 7 heteroatoms. The fourth-order valence-electron chi connectivity index (χ4n) is 2.50. The number of carbonyl (C=O) groups excluding carboxylic acids is 1. The Morgan fingerprint density at radius 1 is 1.36 bits per heavy atom. The highest BCUT2D eigenvalue weighted by Crippen LogP contribution is 2.30. The molecule has 1 unspecified atom stereocenters. The molecule has 2 N–H and O–H groups in total. The Hall–Kier alpha value is -0.820. The molecule has 1 fully saturated rings. The number of nitrogens with two attached hydrogens (primary N) is 1. The molecule has 1 aromatic heterocycles. The van der Waals surface area contributed by atoms with Crippen LogP contribution in [0.1, 0.15) is 31.7 Å². The molecule has 0 aliphatic carbocycles. The Labute approximate surface area is 141 Å². The summed E-state index contributed by atoms with van der Waals surface area (Å²) in [7, 11) is 0. The Balaban J connectivity index is 1.92. The van der Waals surface area contributed by atoms with Crippen LogP contribution in [-0.4, -0.2) is 54.2 Å². The van der Waals surface area contributed by atoms with Crippen LogP contribution in [0.2, 0.25) is 4.34 Å². The van der Waals surface area contributed by atoms with Crippen molar-refractivity contribution in [3.05, 3.63) is 21.3 Å². The van der Waals surface area contributed by atoms with Gasteiger partial charge in [-0.05, 0) is 32.9 Å². The summed E-state index contributed by atoms with van der Waals surface area (Å²) in [5, 5.41) is 0. The van der Waals surface area contributed by atoms with Gasteiger partial charge in [-0.15, -0.1) is 11.3 Å². The minimum absolute atomic E-state index is 0.165. The summed E-state index contributed by atoms with van der Waals surface area (Å²) in [5.74, 6) is 0. The number of hydrogen-bond donors (Lipinski definition) is 1. The van der Waals surface area contributed by atoms with Crippen molar-refractivity contribution in [1.29, 1.82) is 0 Å². The SMILES string of the molecule is CC(C)(C)OC(=O)N1CCN(C(CN)c2ccc(Cl)s2)CC1. The first-order valence-electron chi connectivity index (χ1n) is 7.47. The van der Waals surface area contributed by atoms with E-state index in [2.05, 4.69) is 4.90 Å². The Morgan fingerprint density at radius 3 is 2.45 bits per heavy atom. The second-order valence-electron chi connectivity index (χ2n) is 6.40. The molecular formula is C15H24ClN3O2S. The predicted molar refractivity (Wildman–Crippen MR) is 90.5 cm³/mol. The lowest BCUT2D eigenvalue weighted by Gasteiger charge is -2.39. The molecule has 0 aromatic carbocycles. The van der Waals surface area contributed by atoms with Crippen molar-refractivity contribution in [2.24, 2.45) is 5.73 Å². The van der Waals surface area contributed by atoms with E-state index in [9.17, 15) is 4.79 Å². The molecule has 1 amide bonds. The molecule has 1 aliphatic rings. The van der Waals surface area contributed by atoms with Crippen molar-refractivity contribution in [2.45, 2.75) is 32.4 Å². The van der Waals surface area contributed by atoms with Gasteiger partial charge < -0.3 is 15.4 Å². The van der Waals surface area contributed by atoms with Gasteiger partial charge in [0.25, 0.3) is 0 Å². The number of carbonyl (C=O) groups is 1. The number of halogens is 1. The number of ether oxygens (including phenoxy) is 1. The van der Waals surface area contributed by atoms with Gasteiger partial charge in [0, 0.05) is 37.6 Å². The number of thiophene rings is 1. The van der Waals surface area contributed by atoms with Gasteiger partial charge in [0.1, 0.15) is 5.60 Å². The van der Waals surface area contributed by atoms with Crippen molar-refractivity contribution < 1.29 is 9.53 Å². The van der Waals surface area contributed by atoms with Crippen molar-refractivity contribution in [2.75, 3.05) is 32.7 Å². The predicted octanol–water partition coefficient (Wildman–Crippen LogP) is 2.95. The summed E-state index contributed by atoms with van der Waals surface area (Å²) < 4.78 is 6.19. The van der Waals surface area contributed by atoms with E-state index in [1.54, 1.807) is 16.2 Å². The van der Waals surface area contributed by atoms with Crippen molar-refractivity contribution in [3.8, 4) is 0 Å². The summed E-state index contributed by atoms with van der Waals surface area (Å²) in [4.78, 5) is 17.3. The monoisotopic (exact) mass is 345 g/mol. The number of amides is 1. The summed E-state index contributed by atoms with van der Waals surface area (Å²) in [6.45, 7) is 9.08. The van der Waals surface area contributed by atoms with Gasteiger partial charge >= 0.3 is 6.09 Å². The Morgan fingerprint density at radius 2 is 2.00 bits per heavy atom. The fourth-order valence-corrected chi connectivity index (χ4v) is 3.70. The molecule has 1 saturated heterocycles. The van der Waals surface area contributed by atoms with E-state index in [-0.39, 0.29) is 12.1 Å². The van der Waals surface area contributed by atoms with Gasteiger partial charge in [-0.2, -0.15) is 0 Å². The average Bonchev–Trinajstić information content (AvgIpc) is 2.85. The first kappa shape index (κ1) is 17.5. The van der Waals surface area contributed by atoms with Crippen LogP contribution >= 0.6 is 22.9 Å². The molecule has 1 aliphatic heterocycles. The van der Waals surface area contributed by atoms with Crippen molar-refractivity contribution in [3.63, 3.8) is 0 Å². The van der Waals surface area contributed by atoms with Crippen LogP contribution in [0, 0.1) is 0 Å². The normalized spacial score (nSPS) is 18.3. The maximum Gasteiger partial charge on any atom is 0.410 e. The second-order valence-corrected chi connectivity index (χ2v) is 8.14. The molecule has 2 rings (SSSR count).